The molecule has 1 aliphatic rings. The van der Waals surface area contributed by atoms with Crippen LogP contribution >= 0.6 is 0 Å². The summed E-state index contributed by atoms with van der Waals surface area (Å²) in [5, 5.41) is 0. The Labute approximate surface area is 42.8 Å². The summed E-state index contributed by atoms with van der Waals surface area (Å²) < 4.78 is 45.9. The van der Waals surface area contributed by atoms with E-state index in [4.69, 9.17) is 0 Å². The highest BCUT2D eigenvalue weighted by Crippen LogP contribution is 2.40. The van der Waals surface area contributed by atoms with E-state index >= 15 is 0 Å². The highest BCUT2D eigenvalue weighted by molar-refractivity contribution is 5.24. The van der Waals surface area contributed by atoms with Crippen LogP contribution in [-0.4, -0.2) is 12.1 Å². The third-order valence-corrected chi connectivity index (χ3v) is 0.957. The molecule has 0 saturated carbocycles. The number of hydrogen-bond acceptors (Lipinski definition) is 0. The molecule has 1 rings (SSSR count). The normalized spacial score (nSPS) is 33.5. The summed E-state index contributed by atoms with van der Waals surface area (Å²) in [6.45, 7) is 0. The average Bonchev–Trinajstić information content (AvgIpc) is 1.68. The summed E-state index contributed by atoms with van der Waals surface area (Å²) >= 11 is 0. The van der Waals surface area contributed by atoms with Crippen LogP contribution in [0.15, 0.2) is 11.9 Å². The van der Waals surface area contributed by atoms with Gasteiger partial charge in [0.25, 0.3) is 0 Å². The molecule has 0 heterocycles. The fourth-order valence-electron chi connectivity index (χ4n) is 0.380. The molecule has 0 saturated heterocycles. The molecular formula is C4H2F4. The van der Waals surface area contributed by atoms with Crippen LogP contribution in [-0.2, 0) is 0 Å². The molecule has 1 aliphatic carbocycles. The van der Waals surface area contributed by atoms with Crippen molar-refractivity contribution in [3.8, 4) is 0 Å². The van der Waals surface area contributed by atoms with Gasteiger partial charge in [-0.15, -0.1) is 0 Å². The molecule has 0 N–H and O–H groups in total. The van der Waals surface area contributed by atoms with Gasteiger partial charge in [0.05, 0.1) is 0 Å². The molecule has 8 heavy (non-hydrogen) atoms. The average molecular weight is 126 g/mol. The summed E-state index contributed by atoms with van der Waals surface area (Å²) in [6.07, 6.45) is -2.16. The van der Waals surface area contributed by atoms with Crippen LogP contribution in [0.1, 0.15) is 0 Å². The molecule has 1 unspecified atom stereocenters. The number of allylic oxidation sites excluding steroid dienone is 2. The van der Waals surface area contributed by atoms with Crippen LogP contribution < -0.4 is 0 Å². The number of alkyl halides is 3. The highest BCUT2D eigenvalue weighted by atomic mass is 19.3. The first-order valence-corrected chi connectivity index (χ1v) is 1.95. The molecule has 46 valence electrons. The Hall–Kier alpha value is -0.540. The lowest BCUT2D eigenvalue weighted by atomic mass is 10.0. The SMILES string of the molecule is FC1=CC(F)C1(F)F. The van der Waals surface area contributed by atoms with Crippen LogP contribution in [0, 0.1) is 0 Å². The third kappa shape index (κ3) is 0.454. The van der Waals surface area contributed by atoms with Crippen LogP contribution in [0.3, 0.4) is 0 Å². The maximum absolute atomic E-state index is 11.5. The lowest BCUT2D eigenvalue weighted by Gasteiger charge is -2.23. The fraction of sp³-hybridized carbons (Fsp3) is 0.500. The van der Waals surface area contributed by atoms with Crippen molar-refractivity contribution in [2.24, 2.45) is 0 Å². The van der Waals surface area contributed by atoms with E-state index in [1.807, 2.05) is 0 Å². The molecule has 0 aromatic rings. The Balaban J connectivity index is 2.77. The van der Waals surface area contributed by atoms with Gasteiger partial charge in [-0.05, 0) is 6.08 Å². The van der Waals surface area contributed by atoms with Crippen molar-refractivity contribution in [2.75, 3.05) is 0 Å². The molecule has 0 bridgehead atoms. The molecule has 0 aromatic carbocycles. The number of rotatable bonds is 0. The molecule has 0 aromatic heterocycles. The van der Waals surface area contributed by atoms with Gasteiger partial charge < -0.3 is 0 Å². The lowest BCUT2D eigenvalue weighted by Crippen LogP contribution is -2.37. The van der Waals surface area contributed by atoms with Gasteiger partial charge in [-0.1, -0.05) is 0 Å². The standard InChI is InChI=1S/C4H2F4/c5-2-1-3(6)4(2,7)8/h1-2H. The molecule has 0 nitrogen and oxygen atoms in total. The Morgan fingerprint density at radius 3 is 2.00 bits per heavy atom. The maximum Gasteiger partial charge on any atom is 0.332 e. The van der Waals surface area contributed by atoms with Crippen LogP contribution in [0.5, 0.6) is 0 Å². The minimum absolute atomic E-state index is 0.250. The second kappa shape index (κ2) is 1.24. The van der Waals surface area contributed by atoms with Crippen LogP contribution in [0.4, 0.5) is 17.6 Å². The van der Waals surface area contributed by atoms with E-state index in [0.29, 0.717) is 0 Å². The summed E-state index contributed by atoms with van der Waals surface area (Å²) in [7, 11) is 0. The molecule has 0 aliphatic heterocycles. The molecule has 0 amide bonds. The van der Waals surface area contributed by atoms with E-state index in [0.717, 1.165) is 0 Å². The second-order valence-corrected chi connectivity index (χ2v) is 1.54. The number of hydrogen-bond donors (Lipinski definition) is 0. The van der Waals surface area contributed by atoms with Crippen molar-refractivity contribution in [1.82, 2.24) is 0 Å². The summed E-state index contributed by atoms with van der Waals surface area (Å²) in [5.74, 6) is -5.50. The van der Waals surface area contributed by atoms with Gasteiger partial charge in [-0.2, -0.15) is 8.78 Å². The first-order valence-electron chi connectivity index (χ1n) is 1.95. The monoisotopic (exact) mass is 126 g/mol. The van der Waals surface area contributed by atoms with E-state index in [9.17, 15) is 17.6 Å². The van der Waals surface area contributed by atoms with E-state index < -0.39 is 17.9 Å². The van der Waals surface area contributed by atoms with Crippen molar-refractivity contribution in [1.29, 1.82) is 0 Å². The second-order valence-electron chi connectivity index (χ2n) is 1.54. The smallest absolute Gasteiger partial charge is 0.236 e. The largest absolute Gasteiger partial charge is 0.332 e. The van der Waals surface area contributed by atoms with Crippen LogP contribution in [0.25, 0.3) is 0 Å². The zero-order chi connectivity index (χ0) is 6.36. The predicted octanol–water partition coefficient (Wildman–Crippen LogP) is 1.83. The van der Waals surface area contributed by atoms with Gasteiger partial charge in [0.1, 0.15) is 0 Å². The Morgan fingerprint density at radius 2 is 2.00 bits per heavy atom. The van der Waals surface area contributed by atoms with Gasteiger partial charge in [-0.3, -0.25) is 0 Å². The zero-order valence-electron chi connectivity index (χ0n) is 3.67. The van der Waals surface area contributed by atoms with Gasteiger partial charge in [-0.25, -0.2) is 8.78 Å². The summed E-state index contributed by atoms with van der Waals surface area (Å²) in [5.41, 5.74) is 0. The zero-order valence-corrected chi connectivity index (χ0v) is 3.67. The van der Waals surface area contributed by atoms with Crippen molar-refractivity contribution >= 4 is 0 Å². The Bertz CT molecular complexity index is 137. The summed E-state index contributed by atoms with van der Waals surface area (Å²) in [4.78, 5) is 0. The van der Waals surface area contributed by atoms with Gasteiger partial charge in [0.2, 0.25) is 0 Å². The van der Waals surface area contributed by atoms with Crippen molar-refractivity contribution in [3.05, 3.63) is 11.9 Å². The van der Waals surface area contributed by atoms with Gasteiger partial charge in [0, 0.05) is 0 Å². The first kappa shape index (κ1) is 5.59. The molecule has 4 heteroatoms. The van der Waals surface area contributed by atoms with E-state index in [1.165, 1.54) is 0 Å². The maximum atomic E-state index is 11.5. The molecule has 0 radical (unpaired) electrons. The van der Waals surface area contributed by atoms with Crippen molar-refractivity contribution in [2.45, 2.75) is 12.1 Å². The Kier molecular flexibility index (Phi) is 0.867. The number of halogens is 4. The Morgan fingerprint density at radius 1 is 1.50 bits per heavy atom. The topological polar surface area (TPSA) is 0 Å². The van der Waals surface area contributed by atoms with Crippen molar-refractivity contribution < 1.29 is 17.6 Å². The molecular weight excluding hydrogens is 124 g/mol. The third-order valence-electron chi connectivity index (χ3n) is 0.957. The van der Waals surface area contributed by atoms with Crippen LogP contribution in [0.2, 0.25) is 0 Å². The quantitative estimate of drug-likeness (QED) is 0.434. The van der Waals surface area contributed by atoms with E-state index in [1.54, 1.807) is 0 Å². The van der Waals surface area contributed by atoms with Gasteiger partial charge in [0.15, 0.2) is 12.0 Å². The van der Waals surface area contributed by atoms with E-state index in [-0.39, 0.29) is 6.08 Å². The minimum Gasteiger partial charge on any atom is -0.236 e. The first-order chi connectivity index (χ1) is 3.55. The molecule has 0 spiro atoms. The van der Waals surface area contributed by atoms with Gasteiger partial charge >= 0.3 is 5.92 Å². The molecule has 0 fully saturated rings. The summed E-state index contributed by atoms with van der Waals surface area (Å²) in [6, 6.07) is 0. The fourth-order valence-corrected chi connectivity index (χ4v) is 0.380. The lowest BCUT2D eigenvalue weighted by molar-refractivity contribution is -0.0635. The van der Waals surface area contributed by atoms with E-state index in [2.05, 4.69) is 0 Å². The highest BCUT2D eigenvalue weighted by Gasteiger charge is 2.52. The minimum atomic E-state index is -3.83. The molecule has 1 atom stereocenters. The van der Waals surface area contributed by atoms with Crippen molar-refractivity contribution in [3.63, 3.8) is 0 Å². The predicted molar refractivity (Wildman–Crippen MR) is 19.0 cm³/mol.